The lowest BCUT2D eigenvalue weighted by atomic mass is 10.2. The summed E-state index contributed by atoms with van der Waals surface area (Å²) in [6.45, 7) is 5.03. The zero-order valence-corrected chi connectivity index (χ0v) is 12.0. The summed E-state index contributed by atoms with van der Waals surface area (Å²) in [5.74, 6) is -0.143. The van der Waals surface area contributed by atoms with Crippen LogP contribution in [0.4, 0.5) is 0 Å². The molecule has 0 aromatic heterocycles. The van der Waals surface area contributed by atoms with Gasteiger partial charge in [-0.2, -0.15) is 0 Å². The number of hydrogen-bond acceptors (Lipinski definition) is 3. The van der Waals surface area contributed by atoms with E-state index in [1.165, 1.54) is 5.56 Å². The van der Waals surface area contributed by atoms with Gasteiger partial charge in [0, 0.05) is 12.6 Å². The van der Waals surface area contributed by atoms with Gasteiger partial charge in [-0.1, -0.05) is 30.3 Å². The fourth-order valence-corrected chi connectivity index (χ4v) is 1.43. The molecule has 0 bridgehead atoms. The zero-order valence-electron chi connectivity index (χ0n) is 10.3. The third-order valence-corrected chi connectivity index (χ3v) is 2.28. The molecule has 96 valence electrons. The summed E-state index contributed by atoms with van der Waals surface area (Å²) in [6.07, 6.45) is 0.417. The van der Waals surface area contributed by atoms with E-state index in [4.69, 9.17) is 4.74 Å². The number of hydrogen-bond donors (Lipinski definition) is 1. The number of nitrogens with one attached hydrogen (secondary N) is 1. The second-order valence-electron chi connectivity index (χ2n) is 3.78. The minimum absolute atomic E-state index is 0. The van der Waals surface area contributed by atoms with E-state index in [-0.39, 0.29) is 29.0 Å². The Morgan fingerprint density at radius 3 is 2.59 bits per heavy atom. The molecule has 17 heavy (non-hydrogen) atoms. The fraction of sp³-hybridized carbons (Fsp3) is 0.462. The topological polar surface area (TPSA) is 38.3 Å². The molecule has 0 aliphatic heterocycles. The van der Waals surface area contributed by atoms with Crippen LogP contribution in [0.2, 0.25) is 0 Å². The molecule has 1 aromatic carbocycles. The van der Waals surface area contributed by atoms with Crippen molar-refractivity contribution in [1.29, 1.82) is 0 Å². The molecule has 1 atom stereocenters. The Morgan fingerprint density at radius 2 is 2.00 bits per heavy atom. The van der Waals surface area contributed by atoms with Gasteiger partial charge in [0.2, 0.25) is 0 Å². The van der Waals surface area contributed by atoms with Crippen molar-refractivity contribution in [2.45, 2.75) is 32.9 Å². The average molecular weight is 302 g/mol. The first-order chi connectivity index (χ1) is 7.72. The van der Waals surface area contributed by atoms with Crippen molar-refractivity contribution in [1.82, 2.24) is 5.32 Å². The van der Waals surface area contributed by atoms with E-state index < -0.39 is 0 Å². The molecule has 0 saturated heterocycles. The molecule has 4 heteroatoms. The van der Waals surface area contributed by atoms with Crippen LogP contribution in [0.1, 0.15) is 25.8 Å². The van der Waals surface area contributed by atoms with Gasteiger partial charge in [-0.25, -0.2) is 0 Å². The van der Waals surface area contributed by atoms with Crippen LogP contribution in [0.15, 0.2) is 30.3 Å². The average Bonchev–Trinajstić information content (AvgIpc) is 2.28. The smallest absolute Gasteiger partial charge is 0.307 e. The maximum atomic E-state index is 11.2. The lowest BCUT2D eigenvalue weighted by Gasteiger charge is -2.12. The minimum Gasteiger partial charge on any atom is -0.466 e. The number of halogens is 1. The van der Waals surface area contributed by atoms with E-state index in [9.17, 15) is 4.79 Å². The molecule has 0 heterocycles. The lowest BCUT2D eigenvalue weighted by molar-refractivity contribution is -0.143. The predicted octanol–water partition coefficient (Wildman–Crippen LogP) is 2.70. The van der Waals surface area contributed by atoms with Crippen LogP contribution in [0.5, 0.6) is 0 Å². The van der Waals surface area contributed by atoms with E-state index in [2.05, 4.69) is 17.4 Å². The summed E-state index contributed by atoms with van der Waals surface area (Å²) >= 11 is 0. The van der Waals surface area contributed by atoms with Crippen molar-refractivity contribution in [3.8, 4) is 0 Å². The molecule has 0 fully saturated rings. The Kier molecular flexibility index (Phi) is 8.72. The zero-order chi connectivity index (χ0) is 11.8. The molecule has 0 aliphatic rings. The Morgan fingerprint density at radius 1 is 1.35 bits per heavy atom. The number of carbonyl (C=O) groups excluding carboxylic acids is 1. The van der Waals surface area contributed by atoms with Crippen molar-refractivity contribution in [3.63, 3.8) is 0 Å². The van der Waals surface area contributed by atoms with Crippen molar-refractivity contribution in [3.05, 3.63) is 35.9 Å². The van der Waals surface area contributed by atoms with Crippen molar-refractivity contribution in [2.24, 2.45) is 0 Å². The van der Waals surface area contributed by atoms with Gasteiger partial charge < -0.3 is 10.1 Å². The molecule has 1 unspecified atom stereocenters. The highest BCUT2D eigenvalue weighted by Gasteiger charge is 2.08. The predicted molar refractivity (Wildman–Crippen MR) is 74.3 cm³/mol. The van der Waals surface area contributed by atoms with E-state index in [1.54, 1.807) is 0 Å². The highest BCUT2D eigenvalue weighted by Crippen LogP contribution is 2.00. The van der Waals surface area contributed by atoms with E-state index in [0.717, 1.165) is 6.54 Å². The quantitative estimate of drug-likeness (QED) is 0.821. The summed E-state index contributed by atoms with van der Waals surface area (Å²) in [7, 11) is 0. The molecule has 0 radical (unpaired) electrons. The van der Waals surface area contributed by atoms with Crippen LogP contribution in [-0.4, -0.2) is 18.6 Å². The fourth-order valence-electron chi connectivity index (χ4n) is 1.43. The minimum atomic E-state index is -0.143. The second-order valence-corrected chi connectivity index (χ2v) is 3.78. The summed E-state index contributed by atoms with van der Waals surface area (Å²) in [5, 5.41) is 3.29. The molecule has 1 aromatic rings. The number of carbonyl (C=O) groups is 1. The van der Waals surface area contributed by atoms with Crippen molar-refractivity contribution in [2.75, 3.05) is 6.61 Å². The van der Waals surface area contributed by atoms with Gasteiger partial charge >= 0.3 is 5.97 Å². The molecule has 0 spiro atoms. The van der Waals surface area contributed by atoms with Crippen LogP contribution < -0.4 is 5.32 Å². The molecule has 0 aliphatic carbocycles. The maximum Gasteiger partial charge on any atom is 0.307 e. The van der Waals surface area contributed by atoms with Gasteiger partial charge in [-0.15, -0.1) is 17.0 Å². The second kappa shape index (κ2) is 9.19. The molecular weight excluding hydrogens is 282 g/mol. The largest absolute Gasteiger partial charge is 0.466 e. The monoisotopic (exact) mass is 301 g/mol. The number of benzene rings is 1. The lowest BCUT2D eigenvalue weighted by Crippen LogP contribution is -2.28. The highest BCUT2D eigenvalue weighted by atomic mass is 79.9. The Labute approximate surface area is 113 Å². The number of rotatable bonds is 6. The van der Waals surface area contributed by atoms with Gasteiger partial charge in [0.05, 0.1) is 13.0 Å². The number of esters is 1. The molecule has 1 N–H and O–H groups in total. The van der Waals surface area contributed by atoms with E-state index in [1.807, 2.05) is 32.0 Å². The van der Waals surface area contributed by atoms with Crippen LogP contribution in [0, 0.1) is 0 Å². The molecule has 3 nitrogen and oxygen atoms in total. The Hall–Kier alpha value is -0.870. The summed E-state index contributed by atoms with van der Waals surface area (Å²) in [4.78, 5) is 11.2. The third kappa shape index (κ3) is 7.13. The number of ether oxygens (including phenoxy) is 1. The van der Waals surface area contributed by atoms with Crippen LogP contribution in [0.3, 0.4) is 0 Å². The summed E-state index contributed by atoms with van der Waals surface area (Å²) < 4.78 is 4.89. The van der Waals surface area contributed by atoms with E-state index >= 15 is 0 Å². The molecule has 0 amide bonds. The normalized spacial score (nSPS) is 11.4. The van der Waals surface area contributed by atoms with Crippen molar-refractivity contribution < 1.29 is 9.53 Å². The van der Waals surface area contributed by atoms with Crippen molar-refractivity contribution >= 4 is 23.0 Å². The Bertz CT molecular complexity index is 316. The third-order valence-electron chi connectivity index (χ3n) is 2.28. The first-order valence-corrected chi connectivity index (χ1v) is 5.65. The van der Waals surface area contributed by atoms with Gasteiger partial charge in [-0.05, 0) is 19.4 Å². The van der Waals surface area contributed by atoms with Crippen LogP contribution >= 0.6 is 17.0 Å². The standard InChI is InChI=1S/C13H19NO2.BrH/c1-3-16-13(15)9-11(2)14-10-12-7-5-4-6-8-12;/h4-8,11,14H,3,9-10H2,1-2H3;1H. The van der Waals surface area contributed by atoms with Gasteiger partial charge in [0.15, 0.2) is 0 Å². The van der Waals surface area contributed by atoms with Gasteiger partial charge in [-0.3, -0.25) is 4.79 Å². The molecule has 0 saturated carbocycles. The SMILES string of the molecule is Br.CCOC(=O)CC(C)NCc1ccccc1. The van der Waals surface area contributed by atoms with Gasteiger partial charge in [0.1, 0.15) is 0 Å². The molecular formula is C13H20BrNO2. The maximum absolute atomic E-state index is 11.2. The van der Waals surface area contributed by atoms with Crippen LogP contribution in [0.25, 0.3) is 0 Å². The molecule has 1 rings (SSSR count). The summed E-state index contributed by atoms with van der Waals surface area (Å²) in [6, 6.07) is 10.3. The first kappa shape index (κ1) is 16.1. The Balaban J connectivity index is 0.00000256. The highest BCUT2D eigenvalue weighted by molar-refractivity contribution is 8.93. The van der Waals surface area contributed by atoms with Crippen LogP contribution in [-0.2, 0) is 16.1 Å². The van der Waals surface area contributed by atoms with Gasteiger partial charge in [0.25, 0.3) is 0 Å². The van der Waals surface area contributed by atoms with E-state index in [0.29, 0.717) is 13.0 Å². The summed E-state index contributed by atoms with van der Waals surface area (Å²) in [5.41, 5.74) is 1.22. The first-order valence-electron chi connectivity index (χ1n) is 5.65.